The van der Waals surface area contributed by atoms with E-state index in [0.29, 0.717) is 23.9 Å². The number of aromatic nitrogens is 5. The largest absolute Gasteiger partial charge is 0.433 e. The van der Waals surface area contributed by atoms with Gasteiger partial charge >= 0.3 is 6.61 Å². The Morgan fingerprint density at radius 3 is 2.87 bits per heavy atom. The van der Waals surface area contributed by atoms with Crippen molar-refractivity contribution in [3.8, 4) is 11.4 Å². The molecule has 0 amide bonds. The Morgan fingerprint density at radius 2 is 2.17 bits per heavy atom. The molecule has 0 aliphatic carbocycles. The molecule has 2 heterocycles. The van der Waals surface area contributed by atoms with Crippen LogP contribution >= 0.6 is 11.6 Å². The fourth-order valence-electron chi connectivity index (χ4n) is 1.97. The molecule has 0 aliphatic heterocycles. The van der Waals surface area contributed by atoms with Crippen LogP contribution in [0, 0.1) is 0 Å². The van der Waals surface area contributed by atoms with Crippen LogP contribution in [0.4, 0.5) is 14.7 Å². The SMILES string of the molecule is Nc1nccn1Cc1cn(-c2ccc(Cl)c(OC(F)F)c2)nn1. The zero-order valence-electron chi connectivity index (χ0n) is 11.6. The summed E-state index contributed by atoms with van der Waals surface area (Å²) < 4.78 is 32.2. The Hall–Kier alpha value is -2.68. The van der Waals surface area contributed by atoms with Gasteiger partial charge in [-0.3, -0.25) is 0 Å². The minimum absolute atomic E-state index is 0.0839. The van der Waals surface area contributed by atoms with E-state index in [2.05, 4.69) is 20.0 Å². The van der Waals surface area contributed by atoms with Crippen LogP contribution in [0.1, 0.15) is 5.69 Å². The number of imidazole rings is 1. The number of nitrogen functional groups attached to an aromatic ring is 1. The predicted octanol–water partition coefficient (Wildman–Crippen LogP) is 2.35. The van der Waals surface area contributed by atoms with Crippen LogP contribution in [-0.2, 0) is 6.54 Å². The van der Waals surface area contributed by atoms with Gasteiger partial charge in [0.15, 0.2) is 5.95 Å². The van der Waals surface area contributed by atoms with Gasteiger partial charge in [0.25, 0.3) is 0 Å². The first-order valence-corrected chi connectivity index (χ1v) is 6.83. The number of nitrogens with two attached hydrogens (primary N) is 1. The van der Waals surface area contributed by atoms with Gasteiger partial charge < -0.3 is 15.0 Å². The summed E-state index contributed by atoms with van der Waals surface area (Å²) >= 11 is 5.82. The van der Waals surface area contributed by atoms with Crippen LogP contribution in [0.25, 0.3) is 5.69 Å². The Labute approximate surface area is 134 Å². The molecule has 23 heavy (non-hydrogen) atoms. The third-order valence-corrected chi connectivity index (χ3v) is 3.33. The summed E-state index contributed by atoms with van der Waals surface area (Å²) in [4.78, 5) is 3.91. The first-order chi connectivity index (χ1) is 11.0. The number of benzene rings is 1. The zero-order valence-corrected chi connectivity index (χ0v) is 12.4. The maximum atomic E-state index is 12.4. The molecule has 3 rings (SSSR count). The number of nitrogens with zero attached hydrogens (tertiary/aromatic N) is 5. The molecule has 0 fully saturated rings. The summed E-state index contributed by atoms with van der Waals surface area (Å²) in [5.41, 5.74) is 6.80. The van der Waals surface area contributed by atoms with Crippen LogP contribution < -0.4 is 10.5 Å². The molecule has 0 radical (unpaired) electrons. The molecule has 7 nitrogen and oxygen atoms in total. The topological polar surface area (TPSA) is 83.8 Å². The third-order valence-electron chi connectivity index (χ3n) is 3.02. The molecule has 2 N–H and O–H groups in total. The molecule has 0 aliphatic rings. The van der Waals surface area contributed by atoms with E-state index in [1.54, 1.807) is 29.2 Å². The summed E-state index contributed by atoms with van der Waals surface area (Å²) in [6, 6.07) is 4.42. The standard InChI is InChI=1S/C13H11ClF2N6O/c14-10-2-1-9(5-11(10)23-12(15)16)22-7-8(19-20-22)6-21-4-3-18-13(21)17/h1-5,7,12H,6H2,(H2,17,18). The second kappa shape index (κ2) is 6.21. The van der Waals surface area contributed by atoms with Crippen LogP contribution in [-0.4, -0.2) is 31.2 Å². The van der Waals surface area contributed by atoms with E-state index in [4.69, 9.17) is 17.3 Å². The molecule has 0 unspecified atom stereocenters. The second-order valence-corrected chi connectivity index (χ2v) is 4.97. The highest BCUT2D eigenvalue weighted by molar-refractivity contribution is 6.32. The van der Waals surface area contributed by atoms with Crippen molar-refractivity contribution in [3.63, 3.8) is 0 Å². The lowest BCUT2D eigenvalue weighted by Gasteiger charge is -2.08. The molecule has 2 aromatic heterocycles. The summed E-state index contributed by atoms with van der Waals surface area (Å²) in [5, 5.41) is 8.04. The molecule has 1 aromatic carbocycles. The number of halogens is 3. The van der Waals surface area contributed by atoms with Gasteiger partial charge in [0.1, 0.15) is 11.4 Å². The summed E-state index contributed by atoms with van der Waals surface area (Å²) in [7, 11) is 0. The average Bonchev–Trinajstić information content (AvgIpc) is 3.11. The van der Waals surface area contributed by atoms with Gasteiger partial charge in [-0.25, -0.2) is 9.67 Å². The van der Waals surface area contributed by atoms with E-state index in [0.717, 1.165) is 0 Å². The first kappa shape index (κ1) is 15.2. The van der Waals surface area contributed by atoms with Gasteiger partial charge in [0.2, 0.25) is 0 Å². The van der Waals surface area contributed by atoms with Gasteiger partial charge in [0.05, 0.1) is 23.5 Å². The highest BCUT2D eigenvalue weighted by Gasteiger charge is 2.11. The third kappa shape index (κ3) is 3.39. The van der Waals surface area contributed by atoms with Crippen molar-refractivity contribution in [1.29, 1.82) is 0 Å². The molecule has 0 saturated carbocycles. The lowest BCUT2D eigenvalue weighted by molar-refractivity contribution is -0.0497. The fraction of sp³-hybridized carbons (Fsp3) is 0.154. The van der Waals surface area contributed by atoms with Crippen molar-refractivity contribution < 1.29 is 13.5 Å². The average molecular weight is 341 g/mol. The highest BCUT2D eigenvalue weighted by atomic mass is 35.5. The molecular formula is C13H11ClF2N6O. The molecule has 3 aromatic rings. The van der Waals surface area contributed by atoms with Crippen LogP contribution in [0.5, 0.6) is 5.75 Å². The summed E-state index contributed by atoms with van der Waals surface area (Å²) in [5.74, 6) is 0.230. The van der Waals surface area contributed by atoms with E-state index >= 15 is 0 Å². The maximum absolute atomic E-state index is 12.4. The van der Waals surface area contributed by atoms with Gasteiger partial charge in [-0.1, -0.05) is 16.8 Å². The maximum Gasteiger partial charge on any atom is 0.387 e. The van der Waals surface area contributed by atoms with Crippen molar-refractivity contribution in [2.24, 2.45) is 0 Å². The Bertz CT molecular complexity index is 818. The number of hydrogen-bond acceptors (Lipinski definition) is 5. The number of rotatable bonds is 5. The zero-order chi connectivity index (χ0) is 16.4. The lowest BCUT2D eigenvalue weighted by Crippen LogP contribution is -2.04. The first-order valence-electron chi connectivity index (χ1n) is 6.45. The van der Waals surface area contributed by atoms with E-state index in [1.165, 1.54) is 16.8 Å². The molecule has 0 bridgehead atoms. The van der Waals surface area contributed by atoms with Crippen LogP contribution in [0.2, 0.25) is 5.02 Å². The molecule has 0 saturated heterocycles. The lowest BCUT2D eigenvalue weighted by atomic mass is 10.3. The smallest absolute Gasteiger partial charge is 0.387 e. The van der Waals surface area contributed by atoms with Crippen molar-refractivity contribution in [2.75, 3.05) is 5.73 Å². The number of alkyl halides is 2. The van der Waals surface area contributed by atoms with Gasteiger partial charge in [0, 0.05) is 18.5 Å². The van der Waals surface area contributed by atoms with Crippen molar-refractivity contribution in [1.82, 2.24) is 24.5 Å². The highest BCUT2D eigenvalue weighted by Crippen LogP contribution is 2.28. The van der Waals surface area contributed by atoms with E-state index in [1.807, 2.05) is 0 Å². The fourth-order valence-corrected chi connectivity index (χ4v) is 2.13. The number of hydrogen-bond donors (Lipinski definition) is 1. The quantitative estimate of drug-likeness (QED) is 0.770. The van der Waals surface area contributed by atoms with Gasteiger partial charge in [-0.2, -0.15) is 8.78 Å². The number of ether oxygens (including phenoxy) is 1. The van der Waals surface area contributed by atoms with Crippen LogP contribution in [0.3, 0.4) is 0 Å². The summed E-state index contributed by atoms with van der Waals surface area (Å²) in [6.07, 6.45) is 4.94. The minimum atomic E-state index is -2.96. The van der Waals surface area contributed by atoms with E-state index in [9.17, 15) is 8.78 Å². The normalized spacial score (nSPS) is 11.1. The number of anilines is 1. The van der Waals surface area contributed by atoms with E-state index in [-0.39, 0.29) is 10.8 Å². The van der Waals surface area contributed by atoms with E-state index < -0.39 is 6.61 Å². The Morgan fingerprint density at radius 1 is 1.35 bits per heavy atom. The van der Waals surface area contributed by atoms with Crippen molar-refractivity contribution >= 4 is 17.5 Å². The molecule has 10 heteroatoms. The Kier molecular flexibility index (Phi) is 4.11. The monoisotopic (exact) mass is 340 g/mol. The second-order valence-electron chi connectivity index (χ2n) is 4.56. The predicted molar refractivity (Wildman–Crippen MR) is 78.7 cm³/mol. The summed E-state index contributed by atoms with van der Waals surface area (Å²) in [6.45, 7) is -2.57. The van der Waals surface area contributed by atoms with Crippen molar-refractivity contribution in [3.05, 3.63) is 47.5 Å². The van der Waals surface area contributed by atoms with Gasteiger partial charge in [-0.15, -0.1) is 5.10 Å². The van der Waals surface area contributed by atoms with Crippen molar-refractivity contribution in [2.45, 2.75) is 13.2 Å². The van der Waals surface area contributed by atoms with Crippen LogP contribution in [0.15, 0.2) is 36.8 Å². The molecule has 0 spiro atoms. The Balaban J connectivity index is 1.84. The molecule has 0 atom stereocenters. The molecular weight excluding hydrogens is 330 g/mol. The molecule has 120 valence electrons. The minimum Gasteiger partial charge on any atom is -0.433 e. The van der Waals surface area contributed by atoms with Gasteiger partial charge in [-0.05, 0) is 12.1 Å².